The number of nitrogens with zero attached hydrogens (tertiary/aromatic N) is 2. The van der Waals surface area contributed by atoms with E-state index in [2.05, 4.69) is 16.4 Å². The molecule has 1 aromatic heterocycles. The molecule has 1 heterocycles. The van der Waals surface area contributed by atoms with E-state index in [0.717, 1.165) is 11.2 Å². The van der Waals surface area contributed by atoms with Crippen LogP contribution in [-0.4, -0.2) is 12.1 Å². The van der Waals surface area contributed by atoms with Crippen molar-refractivity contribution in [1.29, 1.82) is 5.26 Å². The Bertz CT molecular complexity index is 842. The number of oxazole rings is 1. The van der Waals surface area contributed by atoms with Crippen molar-refractivity contribution in [2.45, 2.75) is 0 Å². The van der Waals surface area contributed by atoms with Gasteiger partial charge in [-0.25, -0.2) is 4.98 Å². The second kappa shape index (κ2) is 6.02. The Morgan fingerprint density at radius 1 is 1.23 bits per heavy atom. The lowest BCUT2D eigenvalue weighted by Crippen LogP contribution is -1.94. The molecule has 0 aliphatic carbocycles. The zero-order valence-electron chi connectivity index (χ0n) is 11.9. The lowest BCUT2D eigenvalue weighted by molar-refractivity contribution is 0.417. The predicted molar refractivity (Wildman–Crippen MR) is 84.2 cm³/mol. The first-order valence-corrected chi connectivity index (χ1v) is 6.67. The summed E-state index contributed by atoms with van der Waals surface area (Å²) in [5, 5.41) is 12.4. The standard InChI is InChI=1S/C17H13N3O2/c1-21-15-8-4-2-6-13(15)19-11-12(10-18)17-20-14-7-3-5-9-16(14)22-17/h2-9,11,19H,1H3. The van der Waals surface area contributed by atoms with Gasteiger partial charge < -0.3 is 14.5 Å². The number of aromatic nitrogens is 1. The highest BCUT2D eigenvalue weighted by Crippen LogP contribution is 2.25. The minimum Gasteiger partial charge on any atom is -0.495 e. The smallest absolute Gasteiger partial charge is 0.239 e. The van der Waals surface area contributed by atoms with E-state index in [0.29, 0.717) is 16.9 Å². The fourth-order valence-corrected chi connectivity index (χ4v) is 2.04. The van der Waals surface area contributed by atoms with E-state index in [1.54, 1.807) is 13.3 Å². The number of hydrogen-bond donors (Lipinski definition) is 1. The van der Waals surface area contributed by atoms with Gasteiger partial charge in [0, 0.05) is 6.20 Å². The minimum atomic E-state index is 0.283. The van der Waals surface area contributed by atoms with Gasteiger partial charge in [-0.15, -0.1) is 0 Å². The summed E-state index contributed by atoms with van der Waals surface area (Å²) in [7, 11) is 1.59. The van der Waals surface area contributed by atoms with Crippen LogP contribution < -0.4 is 10.1 Å². The van der Waals surface area contributed by atoms with E-state index in [1.165, 1.54) is 0 Å². The number of ether oxygens (including phenoxy) is 1. The number of allylic oxidation sites excluding steroid dienone is 1. The Balaban J connectivity index is 1.92. The molecule has 0 bridgehead atoms. The molecule has 5 nitrogen and oxygen atoms in total. The second-order valence-electron chi connectivity index (χ2n) is 4.50. The van der Waals surface area contributed by atoms with Crippen LogP contribution in [0.15, 0.2) is 59.1 Å². The highest BCUT2D eigenvalue weighted by molar-refractivity contribution is 5.80. The molecule has 5 heteroatoms. The Hall–Kier alpha value is -3.26. The van der Waals surface area contributed by atoms with Crippen molar-refractivity contribution in [1.82, 2.24) is 4.98 Å². The number of benzene rings is 2. The maximum atomic E-state index is 9.32. The molecule has 0 aliphatic heterocycles. The molecular weight excluding hydrogens is 278 g/mol. The van der Waals surface area contributed by atoms with E-state index in [-0.39, 0.29) is 5.89 Å². The third-order valence-electron chi connectivity index (χ3n) is 3.12. The Morgan fingerprint density at radius 2 is 2.00 bits per heavy atom. The summed E-state index contributed by atoms with van der Waals surface area (Å²) >= 11 is 0. The maximum Gasteiger partial charge on any atom is 0.239 e. The van der Waals surface area contributed by atoms with Gasteiger partial charge in [0.15, 0.2) is 5.58 Å². The van der Waals surface area contributed by atoms with Gasteiger partial charge in [0.2, 0.25) is 5.89 Å². The van der Waals surface area contributed by atoms with Crippen LogP contribution in [0.4, 0.5) is 5.69 Å². The highest BCUT2D eigenvalue weighted by Gasteiger charge is 2.10. The molecule has 0 fully saturated rings. The first-order valence-electron chi connectivity index (χ1n) is 6.67. The predicted octanol–water partition coefficient (Wildman–Crippen LogP) is 3.81. The summed E-state index contributed by atoms with van der Waals surface area (Å²) in [4.78, 5) is 4.31. The largest absolute Gasteiger partial charge is 0.495 e. The maximum absolute atomic E-state index is 9.32. The summed E-state index contributed by atoms with van der Waals surface area (Å²) in [5.74, 6) is 0.972. The van der Waals surface area contributed by atoms with Crippen LogP contribution in [-0.2, 0) is 0 Å². The quantitative estimate of drug-likeness (QED) is 0.740. The topological polar surface area (TPSA) is 71.1 Å². The summed E-state index contributed by atoms with van der Waals surface area (Å²) in [6.45, 7) is 0. The van der Waals surface area contributed by atoms with E-state index in [1.807, 2.05) is 48.5 Å². The lowest BCUT2D eigenvalue weighted by Gasteiger charge is -2.07. The van der Waals surface area contributed by atoms with Crippen LogP contribution in [0.3, 0.4) is 0 Å². The average molecular weight is 291 g/mol. The number of anilines is 1. The Kier molecular flexibility index (Phi) is 3.75. The van der Waals surface area contributed by atoms with Gasteiger partial charge in [-0.2, -0.15) is 5.26 Å². The van der Waals surface area contributed by atoms with Crippen LogP contribution in [0.5, 0.6) is 5.75 Å². The van der Waals surface area contributed by atoms with Crippen molar-refractivity contribution >= 4 is 22.4 Å². The summed E-state index contributed by atoms with van der Waals surface area (Å²) in [6.07, 6.45) is 1.56. The van der Waals surface area contributed by atoms with Gasteiger partial charge >= 0.3 is 0 Å². The summed E-state index contributed by atoms with van der Waals surface area (Å²) in [6, 6.07) is 16.9. The van der Waals surface area contributed by atoms with E-state index in [4.69, 9.17) is 9.15 Å². The average Bonchev–Trinajstić information content (AvgIpc) is 2.99. The molecule has 0 radical (unpaired) electrons. The number of nitrogens with one attached hydrogen (secondary N) is 1. The molecule has 0 atom stereocenters. The van der Waals surface area contributed by atoms with E-state index in [9.17, 15) is 5.26 Å². The summed E-state index contributed by atoms with van der Waals surface area (Å²) in [5.41, 5.74) is 2.43. The normalized spacial score (nSPS) is 11.2. The molecule has 2 aromatic carbocycles. The second-order valence-corrected chi connectivity index (χ2v) is 4.50. The van der Waals surface area contributed by atoms with Gasteiger partial charge in [0.1, 0.15) is 22.9 Å². The molecule has 0 saturated heterocycles. The van der Waals surface area contributed by atoms with Gasteiger partial charge in [0.05, 0.1) is 12.8 Å². The number of para-hydroxylation sites is 4. The van der Waals surface area contributed by atoms with Gasteiger partial charge in [-0.05, 0) is 24.3 Å². The fourth-order valence-electron chi connectivity index (χ4n) is 2.04. The molecule has 3 aromatic rings. The minimum absolute atomic E-state index is 0.283. The Morgan fingerprint density at radius 3 is 2.77 bits per heavy atom. The van der Waals surface area contributed by atoms with Crippen molar-refractivity contribution in [3.8, 4) is 11.8 Å². The molecule has 108 valence electrons. The molecule has 0 spiro atoms. The molecule has 1 N–H and O–H groups in total. The zero-order valence-corrected chi connectivity index (χ0v) is 11.9. The lowest BCUT2D eigenvalue weighted by atomic mass is 10.2. The molecular formula is C17H13N3O2. The number of fused-ring (bicyclic) bond motifs is 1. The fraction of sp³-hybridized carbons (Fsp3) is 0.0588. The molecule has 3 rings (SSSR count). The first kappa shape index (κ1) is 13.7. The van der Waals surface area contributed by atoms with Crippen LogP contribution in [0.25, 0.3) is 16.7 Å². The number of methoxy groups -OCH3 is 1. The van der Waals surface area contributed by atoms with Crippen LogP contribution >= 0.6 is 0 Å². The van der Waals surface area contributed by atoms with Crippen molar-refractivity contribution in [2.24, 2.45) is 0 Å². The third kappa shape index (κ3) is 2.63. The van der Waals surface area contributed by atoms with Crippen LogP contribution in [0, 0.1) is 11.3 Å². The van der Waals surface area contributed by atoms with Crippen LogP contribution in [0.2, 0.25) is 0 Å². The molecule has 0 saturated carbocycles. The molecule has 0 amide bonds. The van der Waals surface area contributed by atoms with Crippen molar-refractivity contribution < 1.29 is 9.15 Å². The Labute approximate surface area is 127 Å². The van der Waals surface area contributed by atoms with Crippen molar-refractivity contribution in [3.05, 3.63) is 60.6 Å². The molecule has 0 unspecified atom stereocenters. The zero-order chi connectivity index (χ0) is 15.4. The van der Waals surface area contributed by atoms with Gasteiger partial charge in [-0.3, -0.25) is 0 Å². The number of rotatable bonds is 4. The molecule has 22 heavy (non-hydrogen) atoms. The van der Waals surface area contributed by atoms with Crippen LogP contribution in [0.1, 0.15) is 5.89 Å². The van der Waals surface area contributed by atoms with Crippen molar-refractivity contribution in [3.63, 3.8) is 0 Å². The van der Waals surface area contributed by atoms with E-state index < -0.39 is 0 Å². The number of hydrogen-bond acceptors (Lipinski definition) is 5. The van der Waals surface area contributed by atoms with Gasteiger partial charge in [0.25, 0.3) is 0 Å². The molecule has 0 aliphatic rings. The van der Waals surface area contributed by atoms with Gasteiger partial charge in [-0.1, -0.05) is 24.3 Å². The third-order valence-corrected chi connectivity index (χ3v) is 3.12. The number of nitriles is 1. The van der Waals surface area contributed by atoms with E-state index >= 15 is 0 Å². The SMILES string of the molecule is COc1ccccc1NC=C(C#N)c1nc2ccccc2o1. The monoisotopic (exact) mass is 291 g/mol. The summed E-state index contributed by atoms with van der Waals surface area (Å²) < 4.78 is 10.8. The first-order chi connectivity index (χ1) is 10.8. The van der Waals surface area contributed by atoms with Crippen molar-refractivity contribution in [2.75, 3.05) is 12.4 Å². The highest BCUT2D eigenvalue weighted by atomic mass is 16.5.